The Balaban J connectivity index is 1.80. The monoisotopic (exact) mass is 288 g/mol. The number of nitrogens with zero attached hydrogens (tertiary/aromatic N) is 2. The van der Waals surface area contributed by atoms with Gasteiger partial charge in [-0.25, -0.2) is 0 Å². The molecule has 1 fully saturated rings. The van der Waals surface area contributed by atoms with Gasteiger partial charge in [0.05, 0.1) is 0 Å². The summed E-state index contributed by atoms with van der Waals surface area (Å²) in [6.45, 7) is 8.54. The lowest BCUT2D eigenvalue weighted by Gasteiger charge is -2.27. The second kappa shape index (κ2) is 7.71. The van der Waals surface area contributed by atoms with E-state index in [9.17, 15) is 4.79 Å². The first kappa shape index (κ1) is 16.2. The predicted molar refractivity (Wildman–Crippen MR) is 87.9 cm³/mol. The normalized spacial score (nSPS) is 19.3. The molecule has 1 aliphatic rings. The Kier molecular flexibility index (Phi) is 5.95. The van der Waals surface area contributed by atoms with Crippen LogP contribution in [0.2, 0.25) is 0 Å². The third-order valence-electron chi connectivity index (χ3n) is 4.59. The van der Waals surface area contributed by atoms with Crippen LogP contribution in [-0.2, 0) is 0 Å². The molecular weight excluding hydrogens is 260 g/mol. The summed E-state index contributed by atoms with van der Waals surface area (Å²) in [6.07, 6.45) is 3.22. The summed E-state index contributed by atoms with van der Waals surface area (Å²) >= 11 is 0. The first-order chi connectivity index (χ1) is 10.1. The van der Waals surface area contributed by atoms with Crippen molar-refractivity contribution in [1.29, 1.82) is 0 Å². The lowest BCUT2D eigenvalue weighted by molar-refractivity contribution is 0.0962. The fourth-order valence-electron chi connectivity index (χ4n) is 3.28. The van der Waals surface area contributed by atoms with Gasteiger partial charge in [0.15, 0.2) is 5.78 Å². The van der Waals surface area contributed by atoms with Gasteiger partial charge in [-0.05, 0) is 45.5 Å². The number of ketones is 1. The number of carbonyl (C=O) groups is 1. The Morgan fingerprint density at radius 1 is 1.38 bits per heavy atom. The van der Waals surface area contributed by atoms with Crippen LogP contribution in [0.3, 0.4) is 0 Å². The van der Waals surface area contributed by atoms with Crippen LogP contribution in [0.15, 0.2) is 24.3 Å². The first-order valence-electron chi connectivity index (χ1n) is 8.13. The average Bonchev–Trinajstić information content (AvgIpc) is 2.92. The van der Waals surface area contributed by atoms with Gasteiger partial charge >= 0.3 is 0 Å². The van der Waals surface area contributed by atoms with Crippen LogP contribution >= 0.6 is 0 Å². The van der Waals surface area contributed by atoms with Gasteiger partial charge in [0.2, 0.25) is 0 Å². The number of Topliss-reactive ketones (excluding diaryl/α,β-unsaturated/α-hetero) is 1. The van der Waals surface area contributed by atoms with Gasteiger partial charge < -0.3 is 4.90 Å². The maximum atomic E-state index is 12.3. The van der Waals surface area contributed by atoms with Gasteiger partial charge in [0, 0.05) is 31.1 Å². The molecule has 1 heterocycles. The highest BCUT2D eigenvalue weighted by Crippen LogP contribution is 2.17. The Bertz CT molecular complexity index is 472. The summed E-state index contributed by atoms with van der Waals surface area (Å²) in [5.41, 5.74) is 1.96. The highest BCUT2D eigenvalue weighted by molar-refractivity contribution is 5.97. The number of carbonyl (C=O) groups excluding carboxylic acids is 1. The van der Waals surface area contributed by atoms with Crippen LogP contribution in [0.5, 0.6) is 0 Å². The van der Waals surface area contributed by atoms with Crippen LogP contribution < -0.4 is 0 Å². The zero-order valence-corrected chi connectivity index (χ0v) is 13.6. The second-order valence-corrected chi connectivity index (χ2v) is 6.17. The van der Waals surface area contributed by atoms with Crippen LogP contribution in [-0.4, -0.2) is 54.9 Å². The quantitative estimate of drug-likeness (QED) is 0.721. The fourth-order valence-corrected chi connectivity index (χ4v) is 3.28. The van der Waals surface area contributed by atoms with E-state index in [1.807, 2.05) is 31.2 Å². The van der Waals surface area contributed by atoms with Crippen molar-refractivity contribution in [3.8, 4) is 0 Å². The highest BCUT2D eigenvalue weighted by Gasteiger charge is 2.24. The molecule has 0 aliphatic carbocycles. The number of likely N-dealkylation sites (tertiary alicyclic amines) is 1. The summed E-state index contributed by atoms with van der Waals surface area (Å²) in [5, 5.41) is 0. The third kappa shape index (κ3) is 4.39. The van der Waals surface area contributed by atoms with E-state index in [4.69, 9.17) is 0 Å². The Morgan fingerprint density at radius 3 is 2.86 bits per heavy atom. The topological polar surface area (TPSA) is 23.6 Å². The van der Waals surface area contributed by atoms with Gasteiger partial charge in [0.1, 0.15) is 0 Å². The van der Waals surface area contributed by atoms with Crippen LogP contribution in [0, 0.1) is 6.92 Å². The Hall–Kier alpha value is -1.19. The van der Waals surface area contributed by atoms with Crippen molar-refractivity contribution in [2.24, 2.45) is 0 Å². The van der Waals surface area contributed by atoms with Crippen molar-refractivity contribution in [3.05, 3.63) is 35.4 Å². The minimum absolute atomic E-state index is 0.263. The van der Waals surface area contributed by atoms with Crippen molar-refractivity contribution in [2.75, 3.05) is 33.2 Å². The van der Waals surface area contributed by atoms with Gasteiger partial charge in [-0.2, -0.15) is 0 Å². The Morgan fingerprint density at radius 2 is 2.14 bits per heavy atom. The molecule has 1 saturated heterocycles. The standard InChI is InChI=1S/C18H28N2O/c1-4-20-12-7-9-16(20)14-19(3)13-11-18(21)17-10-6-5-8-15(17)2/h5-6,8,10,16H,4,7,9,11-14H2,1-3H3. The maximum absolute atomic E-state index is 12.3. The van der Waals surface area contributed by atoms with Gasteiger partial charge in [-0.3, -0.25) is 9.69 Å². The lowest BCUT2D eigenvalue weighted by Crippen LogP contribution is -2.39. The van der Waals surface area contributed by atoms with Crippen LogP contribution in [0.4, 0.5) is 0 Å². The van der Waals surface area contributed by atoms with E-state index >= 15 is 0 Å². The molecule has 1 atom stereocenters. The average molecular weight is 288 g/mol. The molecule has 0 spiro atoms. The molecule has 1 unspecified atom stereocenters. The zero-order valence-electron chi connectivity index (χ0n) is 13.6. The smallest absolute Gasteiger partial charge is 0.164 e. The van der Waals surface area contributed by atoms with E-state index in [2.05, 4.69) is 23.8 Å². The van der Waals surface area contributed by atoms with E-state index < -0.39 is 0 Å². The summed E-state index contributed by atoms with van der Waals surface area (Å²) in [7, 11) is 2.14. The number of hydrogen-bond donors (Lipinski definition) is 0. The molecule has 3 heteroatoms. The summed E-state index contributed by atoms with van der Waals surface area (Å²) in [4.78, 5) is 17.2. The molecule has 116 valence electrons. The van der Waals surface area contributed by atoms with E-state index in [0.29, 0.717) is 12.5 Å². The third-order valence-corrected chi connectivity index (χ3v) is 4.59. The van der Waals surface area contributed by atoms with Gasteiger partial charge in [-0.15, -0.1) is 0 Å². The molecule has 1 aliphatic heterocycles. The largest absolute Gasteiger partial charge is 0.304 e. The van der Waals surface area contributed by atoms with E-state index in [1.54, 1.807) is 0 Å². The van der Waals surface area contributed by atoms with E-state index in [0.717, 1.165) is 30.8 Å². The fraction of sp³-hybridized carbons (Fsp3) is 0.611. The lowest BCUT2D eigenvalue weighted by atomic mass is 10.0. The van der Waals surface area contributed by atoms with Crippen molar-refractivity contribution in [2.45, 2.75) is 39.2 Å². The molecule has 0 radical (unpaired) electrons. The minimum atomic E-state index is 0.263. The molecule has 1 aromatic carbocycles. The summed E-state index contributed by atoms with van der Waals surface area (Å²) < 4.78 is 0. The molecule has 0 N–H and O–H groups in total. The zero-order chi connectivity index (χ0) is 15.2. The molecule has 3 nitrogen and oxygen atoms in total. The number of hydrogen-bond acceptors (Lipinski definition) is 3. The molecule has 1 aromatic rings. The molecule has 0 amide bonds. The molecule has 2 rings (SSSR count). The van der Waals surface area contributed by atoms with Crippen LogP contribution in [0.1, 0.15) is 42.1 Å². The summed E-state index contributed by atoms with van der Waals surface area (Å²) in [6, 6.07) is 8.55. The number of benzene rings is 1. The molecule has 0 aromatic heterocycles. The molecule has 0 saturated carbocycles. The Labute approximate surface area is 128 Å². The summed E-state index contributed by atoms with van der Waals surface area (Å²) in [5.74, 6) is 0.263. The number of aryl methyl sites for hydroxylation is 1. The van der Waals surface area contributed by atoms with E-state index in [1.165, 1.54) is 19.4 Å². The molecule has 0 bridgehead atoms. The van der Waals surface area contributed by atoms with Gasteiger partial charge in [-0.1, -0.05) is 31.2 Å². The van der Waals surface area contributed by atoms with Crippen LogP contribution in [0.25, 0.3) is 0 Å². The highest BCUT2D eigenvalue weighted by atomic mass is 16.1. The SMILES string of the molecule is CCN1CCCC1CN(C)CCC(=O)c1ccccc1C. The first-order valence-corrected chi connectivity index (χ1v) is 8.13. The second-order valence-electron chi connectivity index (χ2n) is 6.17. The minimum Gasteiger partial charge on any atom is -0.304 e. The van der Waals surface area contributed by atoms with Crippen molar-refractivity contribution >= 4 is 5.78 Å². The van der Waals surface area contributed by atoms with Crippen molar-refractivity contribution < 1.29 is 4.79 Å². The number of likely N-dealkylation sites (N-methyl/N-ethyl adjacent to an activating group) is 2. The molecule has 21 heavy (non-hydrogen) atoms. The van der Waals surface area contributed by atoms with Crippen molar-refractivity contribution in [3.63, 3.8) is 0 Å². The van der Waals surface area contributed by atoms with E-state index in [-0.39, 0.29) is 5.78 Å². The van der Waals surface area contributed by atoms with Gasteiger partial charge in [0.25, 0.3) is 0 Å². The number of rotatable bonds is 7. The molecular formula is C18H28N2O. The maximum Gasteiger partial charge on any atom is 0.164 e. The predicted octanol–water partition coefficient (Wildman–Crippen LogP) is 2.98. The van der Waals surface area contributed by atoms with Crippen molar-refractivity contribution in [1.82, 2.24) is 9.80 Å².